The van der Waals surface area contributed by atoms with E-state index in [2.05, 4.69) is 10.3 Å². The van der Waals surface area contributed by atoms with Crippen LogP contribution < -0.4 is 5.32 Å². The van der Waals surface area contributed by atoms with Crippen molar-refractivity contribution in [1.82, 2.24) is 5.32 Å². The average molecular weight is 234 g/mol. The Morgan fingerprint density at radius 2 is 2.06 bits per heavy atom. The summed E-state index contributed by atoms with van der Waals surface area (Å²) in [6.07, 6.45) is 0. The van der Waals surface area contributed by atoms with Crippen molar-refractivity contribution in [2.45, 2.75) is 26.8 Å². The summed E-state index contributed by atoms with van der Waals surface area (Å²) in [5.41, 5.74) is 1.43. The van der Waals surface area contributed by atoms with Gasteiger partial charge < -0.3 is 5.32 Å². The first-order valence-corrected chi connectivity index (χ1v) is 5.63. The molecule has 1 N–H and O–H groups in total. The predicted molar refractivity (Wildman–Crippen MR) is 64.4 cm³/mol. The number of nitrogens with one attached hydrogen (secondary N) is 1. The minimum absolute atomic E-state index is 0.114. The van der Waals surface area contributed by atoms with Crippen LogP contribution in [0.15, 0.2) is 23.2 Å². The molecule has 0 radical (unpaired) electrons. The maximum absolute atomic E-state index is 13.3. The summed E-state index contributed by atoms with van der Waals surface area (Å²) < 4.78 is 13.3. The smallest absolute Gasteiger partial charge is 0.250 e. The second kappa shape index (κ2) is 4.28. The SMILES string of the molecule is Cc1cc(F)cc(C2=NC(C(C)C)C(=O)N2)c1. The molecule has 17 heavy (non-hydrogen) atoms. The molecule has 0 saturated heterocycles. The molecule has 1 unspecified atom stereocenters. The zero-order chi connectivity index (χ0) is 12.6. The number of rotatable bonds is 2. The molecule has 2 rings (SSSR count). The number of benzene rings is 1. The number of hydrogen-bond donors (Lipinski definition) is 1. The fourth-order valence-corrected chi connectivity index (χ4v) is 1.89. The lowest BCUT2D eigenvalue weighted by Gasteiger charge is -2.06. The van der Waals surface area contributed by atoms with E-state index in [1.807, 2.05) is 26.8 Å². The highest BCUT2D eigenvalue weighted by molar-refractivity contribution is 6.13. The largest absolute Gasteiger partial charge is 0.309 e. The van der Waals surface area contributed by atoms with Crippen molar-refractivity contribution >= 4 is 11.7 Å². The zero-order valence-corrected chi connectivity index (χ0v) is 10.1. The third-order valence-electron chi connectivity index (χ3n) is 2.73. The first-order valence-electron chi connectivity index (χ1n) is 5.63. The van der Waals surface area contributed by atoms with Crippen LogP contribution in [0, 0.1) is 18.7 Å². The molecule has 0 aromatic heterocycles. The minimum Gasteiger partial charge on any atom is -0.309 e. The Morgan fingerprint density at radius 3 is 2.59 bits per heavy atom. The van der Waals surface area contributed by atoms with Crippen LogP contribution in [0.5, 0.6) is 0 Å². The fourth-order valence-electron chi connectivity index (χ4n) is 1.89. The van der Waals surface area contributed by atoms with Gasteiger partial charge in [-0.1, -0.05) is 13.8 Å². The van der Waals surface area contributed by atoms with E-state index >= 15 is 0 Å². The van der Waals surface area contributed by atoms with Gasteiger partial charge in [0.1, 0.15) is 17.7 Å². The molecule has 1 aliphatic heterocycles. The Hall–Kier alpha value is -1.71. The summed E-state index contributed by atoms with van der Waals surface area (Å²) in [4.78, 5) is 16.0. The molecule has 90 valence electrons. The lowest BCUT2D eigenvalue weighted by molar-refractivity contribution is -0.120. The topological polar surface area (TPSA) is 41.5 Å². The van der Waals surface area contributed by atoms with E-state index < -0.39 is 0 Å². The van der Waals surface area contributed by atoms with E-state index in [1.165, 1.54) is 12.1 Å². The molecule has 1 aromatic rings. The molecule has 0 bridgehead atoms. The molecular weight excluding hydrogens is 219 g/mol. The van der Waals surface area contributed by atoms with Gasteiger partial charge in [-0.25, -0.2) is 4.39 Å². The van der Waals surface area contributed by atoms with Gasteiger partial charge in [0.25, 0.3) is 5.91 Å². The number of carbonyl (C=O) groups is 1. The predicted octanol–water partition coefficient (Wildman–Crippen LogP) is 2.04. The average Bonchev–Trinajstić information content (AvgIpc) is 2.59. The van der Waals surface area contributed by atoms with Crippen molar-refractivity contribution in [3.8, 4) is 0 Å². The first kappa shape index (κ1) is 11.8. The molecule has 0 spiro atoms. The highest BCUT2D eigenvalue weighted by Crippen LogP contribution is 2.16. The lowest BCUT2D eigenvalue weighted by Crippen LogP contribution is -2.31. The minimum atomic E-state index is -0.367. The van der Waals surface area contributed by atoms with E-state index in [4.69, 9.17) is 0 Å². The second-order valence-electron chi connectivity index (χ2n) is 4.67. The molecule has 0 fully saturated rings. The third kappa shape index (κ3) is 2.35. The maximum atomic E-state index is 13.3. The number of carbonyl (C=O) groups excluding carboxylic acids is 1. The Bertz CT molecular complexity index is 474. The van der Waals surface area contributed by atoms with Crippen LogP contribution in [0.25, 0.3) is 0 Å². The molecule has 3 nitrogen and oxygen atoms in total. The molecule has 1 aliphatic rings. The maximum Gasteiger partial charge on any atom is 0.250 e. The molecule has 4 heteroatoms. The van der Waals surface area contributed by atoms with E-state index in [1.54, 1.807) is 0 Å². The summed E-state index contributed by atoms with van der Waals surface area (Å²) in [7, 11) is 0. The summed E-state index contributed by atoms with van der Waals surface area (Å²) in [5.74, 6) is 0.181. The quantitative estimate of drug-likeness (QED) is 0.835. The van der Waals surface area contributed by atoms with Gasteiger partial charge in [0, 0.05) is 5.56 Å². The standard InChI is InChI=1S/C13H15FN2O/c1-7(2)11-13(17)16-12(15-11)9-4-8(3)5-10(14)6-9/h4-7,11H,1-3H3,(H,15,16,17). The number of aryl methyl sites for hydroxylation is 1. The molecule has 1 heterocycles. The molecule has 1 atom stereocenters. The third-order valence-corrected chi connectivity index (χ3v) is 2.73. The van der Waals surface area contributed by atoms with Crippen LogP contribution in [0.1, 0.15) is 25.0 Å². The van der Waals surface area contributed by atoms with Crippen LogP contribution in [-0.2, 0) is 4.79 Å². The molecule has 0 saturated carbocycles. The van der Waals surface area contributed by atoms with E-state index in [0.717, 1.165) is 5.56 Å². The number of amides is 1. The number of amidine groups is 1. The van der Waals surface area contributed by atoms with Crippen molar-refractivity contribution in [2.75, 3.05) is 0 Å². The molecule has 1 amide bonds. The molecule has 0 aliphatic carbocycles. The number of hydrogen-bond acceptors (Lipinski definition) is 2. The Kier molecular flexibility index (Phi) is 2.96. The monoisotopic (exact) mass is 234 g/mol. The van der Waals surface area contributed by atoms with Gasteiger partial charge in [-0.05, 0) is 36.6 Å². The van der Waals surface area contributed by atoms with Crippen molar-refractivity contribution in [3.63, 3.8) is 0 Å². The first-order chi connectivity index (χ1) is 7.97. The van der Waals surface area contributed by atoms with Gasteiger partial charge in [-0.15, -0.1) is 0 Å². The van der Waals surface area contributed by atoms with Crippen LogP contribution in [0.4, 0.5) is 4.39 Å². The van der Waals surface area contributed by atoms with Crippen molar-refractivity contribution in [3.05, 3.63) is 35.1 Å². The fraction of sp³-hybridized carbons (Fsp3) is 0.385. The summed E-state index contributed by atoms with van der Waals surface area (Å²) >= 11 is 0. The van der Waals surface area contributed by atoms with Gasteiger partial charge in [-0.3, -0.25) is 9.79 Å². The normalized spacial score (nSPS) is 19.5. The number of aliphatic imine (C=N–C) groups is 1. The van der Waals surface area contributed by atoms with Crippen LogP contribution in [0.2, 0.25) is 0 Å². The molecule has 1 aromatic carbocycles. The Morgan fingerprint density at radius 1 is 1.35 bits per heavy atom. The summed E-state index contributed by atoms with van der Waals surface area (Å²) in [5, 5.41) is 2.70. The highest BCUT2D eigenvalue weighted by Gasteiger charge is 2.29. The number of halogens is 1. The van der Waals surface area contributed by atoms with Gasteiger partial charge in [-0.2, -0.15) is 0 Å². The molecular formula is C13H15FN2O. The van der Waals surface area contributed by atoms with Crippen molar-refractivity contribution < 1.29 is 9.18 Å². The second-order valence-corrected chi connectivity index (χ2v) is 4.67. The lowest BCUT2D eigenvalue weighted by atomic mass is 10.1. The Balaban J connectivity index is 2.35. The van der Waals surface area contributed by atoms with E-state index in [9.17, 15) is 9.18 Å². The number of nitrogens with zero attached hydrogens (tertiary/aromatic N) is 1. The van der Waals surface area contributed by atoms with Crippen LogP contribution in [-0.4, -0.2) is 17.8 Å². The summed E-state index contributed by atoms with van der Waals surface area (Å²) in [6, 6.07) is 4.27. The van der Waals surface area contributed by atoms with Crippen LogP contribution >= 0.6 is 0 Å². The Labute approximate surface area is 99.8 Å². The van der Waals surface area contributed by atoms with E-state index in [0.29, 0.717) is 11.4 Å². The zero-order valence-electron chi connectivity index (χ0n) is 10.1. The van der Waals surface area contributed by atoms with Gasteiger partial charge in [0.2, 0.25) is 0 Å². The summed E-state index contributed by atoms with van der Waals surface area (Å²) in [6.45, 7) is 5.69. The van der Waals surface area contributed by atoms with Crippen molar-refractivity contribution in [2.24, 2.45) is 10.9 Å². The highest BCUT2D eigenvalue weighted by atomic mass is 19.1. The van der Waals surface area contributed by atoms with Gasteiger partial charge in [0.15, 0.2) is 0 Å². The van der Waals surface area contributed by atoms with Crippen molar-refractivity contribution in [1.29, 1.82) is 0 Å². The van der Waals surface area contributed by atoms with Gasteiger partial charge in [0.05, 0.1) is 0 Å². The van der Waals surface area contributed by atoms with E-state index in [-0.39, 0.29) is 23.7 Å². The van der Waals surface area contributed by atoms with Crippen LogP contribution in [0.3, 0.4) is 0 Å². The van der Waals surface area contributed by atoms with Gasteiger partial charge >= 0.3 is 0 Å².